The van der Waals surface area contributed by atoms with E-state index in [1.807, 2.05) is 6.07 Å². The molecule has 0 aliphatic heterocycles. The Morgan fingerprint density at radius 1 is 0.935 bits per heavy atom. The molecule has 3 rings (SSSR count). The maximum absolute atomic E-state index is 12.6. The first kappa shape index (κ1) is 21.5. The minimum atomic E-state index is -0.579. The van der Waals surface area contributed by atoms with Crippen molar-refractivity contribution in [2.45, 2.75) is 13.8 Å². The summed E-state index contributed by atoms with van der Waals surface area (Å²) >= 11 is 0. The highest BCUT2D eigenvalue weighted by Crippen LogP contribution is 2.28. The van der Waals surface area contributed by atoms with Crippen molar-refractivity contribution in [1.82, 2.24) is 0 Å². The summed E-state index contributed by atoms with van der Waals surface area (Å²) in [6, 6.07) is 18.4. The lowest BCUT2D eigenvalue weighted by atomic mass is 10.1. The predicted molar refractivity (Wildman–Crippen MR) is 118 cm³/mol. The molecule has 0 atom stereocenters. The number of hydrogen-bond donors (Lipinski definition) is 2. The molecule has 0 bridgehead atoms. The van der Waals surface area contributed by atoms with Crippen LogP contribution in [0.25, 0.3) is 0 Å². The van der Waals surface area contributed by atoms with Crippen LogP contribution in [0.5, 0.6) is 5.75 Å². The normalized spacial score (nSPS) is 10.3. The van der Waals surface area contributed by atoms with Gasteiger partial charge in [0.05, 0.1) is 10.5 Å². The van der Waals surface area contributed by atoms with Gasteiger partial charge in [0.15, 0.2) is 6.61 Å². The van der Waals surface area contributed by atoms with Crippen molar-refractivity contribution in [3.05, 3.63) is 93.5 Å². The molecule has 0 aromatic heterocycles. The van der Waals surface area contributed by atoms with Gasteiger partial charge in [-0.3, -0.25) is 19.7 Å². The maximum atomic E-state index is 12.6. The average Bonchev–Trinajstić information content (AvgIpc) is 2.75. The predicted octanol–water partition coefficient (Wildman–Crippen LogP) is 4.48. The third kappa shape index (κ3) is 5.45. The Labute approximate surface area is 179 Å². The zero-order chi connectivity index (χ0) is 22.4. The number of carbonyl (C=O) groups is 2. The van der Waals surface area contributed by atoms with Crippen LogP contribution in [0.15, 0.2) is 66.7 Å². The lowest BCUT2D eigenvalue weighted by Gasteiger charge is -2.12. The number of anilines is 2. The molecule has 0 spiro atoms. The second-order valence-electron chi connectivity index (χ2n) is 6.86. The summed E-state index contributed by atoms with van der Waals surface area (Å²) in [6.07, 6.45) is 0. The zero-order valence-electron chi connectivity index (χ0n) is 17.0. The molecule has 0 unspecified atom stereocenters. The fourth-order valence-corrected chi connectivity index (χ4v) is 2.88. The molecule has 0 saturated carbocycles. The number of ether oxygens (including phenoxy) is 1. The Morgan fingerprint density at radius 2 is 1.58 bits per heavy atom. The van der Waals surface area contributed by atoms with Gasteiger partial charge in [0.2, 0.25) is 0 Å². The van der Waals surface area contributed by atoms with E-state index in [2.05, 4.69) is 10.6 Å². The third-order valence-electron chi connectivity index (χ3n) is 4.60. The Kier molecular flexibility index (Phi) is 6.61. The summed E-state index contributed by atoms with van der Waals surface area (Å²) in [5.74, 6) is -0.739. The lowest BCUT2D eigenvalue weighted by molar-refractivity contribution is -0.384. The van der Waals surface area contributed by atoms with Gasteiger partial charge in [-0.25, -0.2) is 0 Å². The first-order chi connectivity index (χ1) is 14.8. The van der Waals surface area contributed by atoms with E-state index in [-0.39, 0.29) is 28.6 Å². The van der Waals surface area contributed by atoms with Crippen LogP contribution in [-0.2, 0) is 4.79 Å². The number of nitro benzene ring substituents is 1. The van der Waals surface area contributed by atoms with Crippen molar-refractivity contribution < 1.29 is 19.2 Å². The molecule has 0 radical (unpaired) electrons. The Bertz CT molecular complexity index is 1130. The summed E-state index contributed by atoms with van der Waals surface area (Å²) in [7, 11) is 0. The molecule has 8 nitrogen and oxygen atoms in total. The number of amides is 2. The highest BCUT2D eigenvalue weighted by atomic mass is 16.6. The SMILES string of the molecule is Cc1cc(NC(=O)COc2ccccc2C(=O)Nc2ccccc2)c([N+](=O)[O-])cc1C. The van der Waals surface area contributed by atoms with Gasteiger partial charge in [-0.05, 0) is 55.3 Å². The van der Waals surface area contributed by atoms with Crippen LogP contribution >= 0.6 is 0 Å². The number of rotatable bonds is 7. The minimum Gasteiger partial charge on any atom is -0.483 e. The van der Waals surface area contributed by atoms with E-state index in [4.69, 9.17) is 4.74 Å². The van der Waals surface area contributed by atoms with E-state index in [9.17, 15) is 19.7 Å². The van der Waals surface area contributed by atoms with Crippen LogP contribution in [0, 0.1) is 24.0 Å². The third-order valence-corrected chi connectivity index (χ3v) is 4.60. The topological polar surface area (TPSA) is 111 Å². The second-order valence-corrected chi connectivity index (χ2v) is 6.86. The van der Waals surface area contributed by atoms with Crippen molar-refractivity contribution in [3.8, 4) is 5.75 Å². The minimum absolute atomic E-state index is 0.0943. The van der Waals surface area contributed by atoms with E-state index in [1.165, 1.54) is 6.07 Å². The first-order valence-electron chi connectivity index (χ1n) is 9.49. The van der Waals surface area contributed by atoms with Gasteiger partial charge in [0.25, 0.3) is 17.5 Å². The maximum Gasteiger partial charge on any atom is 0.293 e. The molecule has 0 fully saturated rings. The van der Waals surface area contributed by atoms with Crippen molar-refractivity contribution in [1.29, 1.82) is 0 Å². The molecule has 0 heterocycles. The van der Waals surface area contributed by atoms with Gasteiger partial charge in [0, 0.05) is 11.8 Å². The van der Waals surface area contributed by atoms with Crippen LogP contribution in [0.4, 0.5) is 17.1 Å². The van der Waals surface area contributed by atoms with E-state index in [0.29, 0.717) is 5.69 Å². The molecule has 0 aliphatic carbocycles. The number of aryl methyl sites for hydroxylation is 2. The molecule has 8 heteroatoms. The Balaban J connectivity index is 1.70. The van der Waals surface area contributed by atoms with Gasteiger partial charge in [-0.15, -0.1) is 0 Å². The molecule has 2 amide bonds. The van der Waals surface area contributed by atoms with Crippen molar-refractivity contribution >= 4 is 28.9 Å². The highest BCUT2D eigenvalue weighted by molar-refractivity contribution is 6.06. The van der Waals surface area contributed by atoms with Crippen molar-refractivity contribution in [3.63, 3.8) is 0 Å². The molecule has 31 heavy (non-hydrogen) atoms. The Morgan fingerprint density at radius 3 is 2.29 bits per heavy atom. The molecular formula is C23H21N3O5. The smallest absolute Gasteiger partial charge is 0.293 e. The second kappa shape index (κ2) is 9.53. The van der Waals surface area contributed by atoms with Crippen LogP contribution in [0.3, 0.4) is 0 Å². The monoisotopic (exact) mass is 419 g/mol. The van der Waals surface area contributed by atoms with Gasteiger partial charge in [0.1, 0.15) is 11.4 Å². The number of carbonyl (C=O) groups excluding carboxylic acids is 2. The fourth-order valence-electron chi connectivity index (χ4n) is 2.88. The number of para-hydroxylation sites is 2. The van der Waals surface area contributed by atoms with E-state index < -0.39 is 17.4 Å². The van der Waals surface area contributed by atoms with Crippen LogP contribution < -0.4 is 15.4 Å². The summed E-state index contributed by atoms with van der Waals surface area (Å²) in [4.78, 5) is 35.7. The Hall–Kier alpha value is -4.20. The van der Waals surface area contributed by atoms with E-state index in [0.717, 1.165) is 11.1 Å². The molecule has 158 valence electrons. The molecule has 0 saturated heterocycles. The van der Waals surface area contributed by atoms with Crippen molar-refractivity contribution in [2.24, 2.45) is 0 Å². The lowest BCUT2D eigenvalue weighted by Crippen LogP contribution is -2.22. The van der Waals surface area contributed by atoms with Crippen LogP contribution in [-0.4, -0.2) is 23.3 Å². The largest absolute Gasteiger partial charge is 0.483 e. The number of nitro groups is 1. The number of hydrogen-bond acceptors (Lipinski definition) is 5. The fraction of sp³-hybridized carbons (Fsp3) is 0.130. The van der Waals surface area contributed by atoms with Gasteiger partial charge >= 0.3 is 0 Å². The quantitative estimate of drug-likeness (QED) is 0.433. The van der Waals surface area contributed by atoms with Gasteiger partial charge in [-0.2, -0.15) is 0 Å². The van der Waals surface area contributed by atoms with Crippen LogP contribution in [0.1, 0.15) is 21.5 Å². The number of nitrogens with one attached hydrogen (secondary N) is 2. The molecule has 3 aromatic rings. The number of nitrogens with zero attached hydrogens (tertiary/aromatic N) is 1. The number of benzene rings is 3. The van der Waals surface area contributed by atoms with Crippen LogP contribution in [0.2, 0.25) is 0 Å². The summed E-state index contributed by atoms with van der Waals surface area (Å²) in [5, 5.41) is 16.6. The van der Waals surface area contributed by atoms with E-state index in [1.54, 1.807) is 68.4 Å². The summed E-state index contributed by atoms with van der Waals surface area (Å²) in [6.45, 7) is 3.14. The first-order valence-corrected chi connectivity index (χ1v) is 9.49. The zero-order valence-corrected chi connectivity index (χ0v) is 17.0. The highest BCUT2D eigenvalue weighted by Gasteiger charge is 2.19. The van der Waals surface area contributed by atoms with Crippen molar-refractivity contribution in [2.75, 3.05) is 17.2 Å². The molecule has 3 aromatic carbocycles. The van der Waals surface area contributed by atoms with Gasteiger partial charge in [-0.1, -0.05) is 30.3 Å². The van der Waals surface area contributed by atoms with Gasteiger partial charge < -0.3 is 15.4 Å². The molecule has 0 aliphatic rings. The molecular weight excluding hydrogens is 398 g/mol. The summed E-state index contributed by atoms with van der Waals surface area (Å²) < 4.78 is 5.54. The summed E-state index contributed by atoms with van der Waals surface area (Å²) in [5.41, 5.74) is 2.35. The van der Waals surface area contributed by atoms with E-state index >= 15 is 0 Å². The average molecular weight is 419 g/mol. The molecule has 2 N–H and O–H groups in total. The standard InChI is InChI=1S/C23H21N3O5/c1-15-12-19(20(26(29)30)13-16(15)2)25-22(27)14-31-21-11-7-6-10-18(21)23(28)24-17-8-4-3-5-9-17/h3-13H,14H2,1-2H3,(H,24,28)(H,25,27).